The number of benzene rings is 10. The van der Waals surface area contributed by atoms with Crippen molar-refractivity contribution in [2.75, 3.05) is 68.1 Å². The Labute approximate surface area is 693 Å². The number of hydrogen-bond donors (Lipinski definition) is 0. The van der Waals surface area contributed by atoms with Crippen LogP contribution in [0, 0.1) is 34.5 Å². The van der Waals surface area contributed by atoms with Gasteiger partial charge in [-0.2, -0.15) is 6.42 Å². The molecule has 15 nitrogen and oxygen atoms in total. The van der Waals surface area contributed by atoms with E-state index in [0.717, 1.165) is 150 Å². The molecule has 1 radical (unpaired) electrons. The van der Waals surface area contributed by atoms with Gasteiger partial charge in [-0.25, -0.2) is 39.1 Å². The summed E-state index contributed by atoms with van der Waals surface area (Å²) in [6.07, 6.45) is 8.40. The largest absolute Gasteiger partial charge is 2.00 e. The molecule has 27 heteroatoms. The monoisotopic (exact) mass is 2010 g/mol. The average Bonchev–Trinajstić information content (AvgIpc) is 1.68. The molecule has 0 unspecified atom stereocenters. The van der Waals surface area contributed by atoms with Crippen LogP contribution in [-0.2, 0) is 50.2 Å². The minimum absolute atomic E-state index is 0. The number of halogens is 10. The van der Waals surface area contributed by atoms with Crippen LogP contribution in [0.3, 0.4) is 0 Å². The van der Waals surface area contributed by atoms with Crippen LogP contribution in [0.15, 0.2) is 226 Å². The van der Waals surface area contributed by atoms with Gasteiger partial charge in [0.1, 0.15) is 0 Å². The Hall–Kier alpha value is -7.39. The number of rotatable bonds is 8. The van der Waals surface area contributed by atoms with E-state index < -0.39 is 31.7 Å². The van der Waals surface area contributed by atoms with Crippen LogP contribution in [0.1, 0.15) is 107 Å². The van der Waals surface area contributed by atoms with Crippen molar-refractivity contribution >= 4 is 189 Å². The third-order valence-electron chi connectivity index (χ3n) is 15.9. The Bertz CT molecular complexity index is 4410. The quantitative estimate of drug-likeness (QED) is 0.0268. The Kier molecular flexibility index (Phi) is 34.0. The molecular formula is C82H75CuF6I4N4O11P. The van der Waals surface area contributed by atoms with Crippen LogP contribution >= 0.6 is 98.2 Å². The maximum atomic E-state index is 12.0. The van der Waals surface area contributed by atoms with Gasteiger partial charge in [0.25, 0.3) is 0 Å². The van der Waals surface area contributed by atoms with E-state index in [9.17, 15) is 44.4 Å². The Balaban J connectivity index is 0.000000206. The number of esters is 4. The second-order valence-electron chi connectivity index (χ2n) is 24.0. The second-order valence-corrected chi connectivity index (χ2v) is 30.5. The normalized spacial score (nSPS) is 15.4. The molecule has 3 heterocycles. The molecule has 0 spiro atoms. The third kappa shape index (κ3) is 27.8. The zero-order valence-corrected chi connectivity index (χ0v) is 70.3. The Morgan fingerprint density at radius 3 is 0.789 bits per heavy atom. The first-order valence-corrected chi connectivity index (χ1v) is 40.0. The molecule has 0 amide bonds. The van der Waals surface area contributed by atoms with E-state index in [1.165, 1.54) is 65.2 Å². The fourth-order valence-electron chi connectivity index (χ4n) is 10.8. The number of nitrogens with zero attached hydrogens (tertiary/aromatic N) is 4. The van der Waals surface area contributed by atoms with Gasteiger partial charge in [0.2, 0.25) is 0 Å². The molecular weight excluding hydrogens is 1930 g/mol. The third-order valence-corrected chi connectivity index (χ3v) is 19.4. The molecule has 3 saturated heterocycles. The fourth-order valence-corrected chi connectivity index (χ4v) is 13.3. The van der Waals surface area contributed by atoms with E-state index in [1.54, 1.807) is 48.5 Å². The maximum absolute atomic E-state index is 12.0. The minimum atomic E-state index is -10.7. The summed E-state index contributed by atoms with van der Waals surface area (Å²) >= 11 is 8.71. The van der Waals surface area contributed by atoms with Crippen molar-refractivity contribution in [1.29, 1.82) is 0 Å². The van der Waals surface area contributed by atoms with Crippen LogP contribution in [0.4, 0.5) is 47.9 Å². The topological polar surface area (TPSA) is 182 Å². The number of carbonyl (C=O) groups is 4. The number of carbonyl (C=O) groups excluding carboxylic acids is 4. The second kappa shape index (κ2) is 41.8. The van der Waals surface area contributed by atoms with Crippen molar-refractivity contribution in [2.24, 2.45) is 20.0 Å². The van der Waals surface area contributed by atoms with E-state index in [-0.39, 0.29) is 17.1 Å². The van der Waals surface area contributed by atoms with Crippen LogP contribution in [-0.4, -0.2) is 115 Å². The van der Waals surface area contributed by atoms with E-state index in [0.29, 0.717) is 22.3 Å². The van der Waals surface area contributed by atoms with Gasteiger partial charge >= 0.3 is 73.9 Å². The van der Waals surface area contributed by atoms with Crippen LogP contribution in [0.5, 0.6) is 0 Å². The van der Waals surface area contributed by atoms with E-state index in [2.05, 4.69) is 159 Å². The molecule has 0 N–H and O–H groups in total. The molecule has 109 heavy (non-hydrogen) atoms. The SMILES string of the molecule is C1CCOC1.C1CCOC1.COC(=O)c1ccc(N=C2C(=Nc3ccc(C(=O)OC)cc3I)c3cccc4cccc2c34)c(I)c1.COC(=O)c1ccc(N=C2C(=Nc3ccc(C(=O)OC)cc3I)c3cccc4cccc2c34)c(I)c1.Cc1ccccc1.Cc1ccccc1.F[P-](F)(F)(F)(F)F.[CH-]1CCOC1.[Cu+2]. The zero-order valence-electron chi connectivity index (χ0n) is 59.8. The van der Waals surface area contributed by atoms with Gasteiger partial charge < -0.3 is 39.6 Å². The van der Waals surface area contributed by atoms with Crippen LogP contribution in [0.2, 0.25) is 0 Å². The summed E-state index contributed by atoms with van der Waals surface area (Å²) in [6, 6.07) is 66.2. The molecule has 0 saturated carbocycles. The summed E-state index contributed by atoms with van der Waals surface area (Å²) in [5, 5.41) is 4.41. The molecule has 5 aliphatic rings. The first-order chi connectivity index (χ1) is 51.5. The van der Waals surface area contributed by atoms with E-state index in [4.69, 9.17) is 53.1 Å². The van der Waals surface area contributed by atoms with Crippen molar-refractivity contribution in [3.05, 3.63) is 283 Å². The summed E-state index contributed by atoms with van der Waals surface area (Å²) in [7, 11) is -5.21. The predicted molar refractivity (Wildman–Crippen MR) is 450 cm³/mol. The van der Waals surface area contributed by atoms with Crippen molar-refractivity contribution in [1.82, 2.24) is 0 Å². The molecule has 15 rings (SSSR count). The summed E-state index contributed by atoms with van der Waals surface area (Å²) in [5.41, 5.74) is 14.4. The molecule has 3 fully saturated rings. The fraction of sp³-hybridized carbons (Fsp3) is 0.207. The predicted octanol–water partition coefficient (Wildman–Crippen LogP) is 23.3. The molecule has 0 bridgehead atoms. The molecule has 10 aromatic rings. The van der Waals surface area contributed by atoms with Gasteiger partial charge in [-0.15, -0.1) is 0 Å². The molecule has 10 aromatic carbocycles. The van der Waals surface area contributed by atoms with Crippen molar-refractivity contribution in [3.63, 3.8) is 0 Å². The standard InChI is InChI=1S/2C28H18I2N2O4.2C7H8.2C4H8O.C4H7O.Cu.F6P/c2*1-35-27(33)16-9-11-22(20(29)13-16)31-25-18-7-3-5-15-6-4-8-19(24(15)18)26(25)32-23-12-10-17(14-21(23)30)28(34)36-2;2*1-7-5-3-2-4-6-7;3*1-2-4-5-3-1;;1-7(2,3,4,5)6/h2*3-14H,1-2H3;2*2-6H,1H3;2*1-4H2;1H,2-4H2;;/q;;;;;;-1;+2;-1. The van der Waals surface area contributed by atoms with Gasteiger partial charge in [-0.3, -0.25) is 0 Å². The number of hydrogen-bond acceptors (Lipinski definition) is 15. The Morgan fingerprint density at radius 2 is 0.624 bits per heavy atom. The maximum Gasteiger partial charge on any atom is 2.00 e. The minimum Gasteiger partial charge on any atom is -0.416 e. The van der Waals surface area contributed by atoms with Crippen molar-refractivity contribution in [2.45, 2.75) is 46.0 Å². The number of aliphatic imine (C=N–C) groups is 4. The van der Waals surface area contributed by atoms with Gasteiger partial charge in [0, 0.05) is 80.3 Å². The molecule has 0 aromatic heterocycles. The van der Waals surface area contributed by atoms with Crippen molar-refractivity contribution < 1.29 is 94.6 Å². The van der Waals surface area contributed by atoms with Gasteiger partial charge in [0.15, 0.2) is 0 Å². The molecule has 0 atom stereocenters. The number of ether oxygens (including phenoxy) is 7. The molecule has 3 aliphatic heterocycles. The first-order valence-electron chi connectivity index (χ1n) is 33.6. The van der Waals surface area contributed by atoms with Gasteiger partial charge in [0.05, 0.1) is 96.3 Å². The summed E-state index contributed by atoms with van der Waals surface area (Å²) in [5.74, 6) is -1.57. The average molecular weight is 2010 g/mol. The van der Waals surface area contributed by atoms with Gasteiger partial charge in [-0.05, 0) is 213 Å². The molecule has 2 aliphatic carbocycles. The van der Waals surface area contributed by atoms with Crippen molar-refractivity contribution in [3.8, 4) is 0 Å². The van der Waals surface area contributed by atoms with Crippen LogP contribution < -0.4 is 0 Å². The van der Waals surface area contributed by atoms with E-state index >= 15 is 0 Å². The summed E-state index contributed by atoms with van der Waals surface area (Å²) in [4.78, 5) is 68.0. The molecule has 575 valence electrons. The van der Waals surface area contributed by atoms with E-state index in [1.807, 2.05) is 109 Å². The van der Waals surface area contributed by atoms with Gasteiger partial charge in [-0.1, -0.05) is 151 Å². The Morgan fingerprint density at radius 1 is 0.367 bits per heavy atom. The first kappa shape index (κ1) is 88.8. The zero-order chi connectivity index (χ0) is 78.0. The van der Waals surface area contributed by atoms with Crippen LogP contribution in [0.25, 0.3) is 21.5 Å². The summed E-state index contributed by atoms with van der Waals surface area (Å²) in [6.45, 7) is 9.99. The number of methoxy groups -OCH3 is 4. The number of aryl methyl sites for hydroxylation is 2. The summed E-state index contributed by atoms with van der Waals surface area (Å²) < 4.78 is 96.6. The smallest absolute Gasteiger partial charge is 0.416 e.